The van der Waals surface area contributed by atoms with Crippen LogP contribution < -0.4 is 5.32 Å². The number of hydrogen-bond donors (Lipinski definition) is 2. The fraction of sp³-hybridized carbons (Fsp3) is 0.588. The van der Waals surface area contributed by atoms with Gasteiger partial charge in [0.05, 0.1) is 0 Å². The molecular formula is C17H23NOS. The monoisotopic (exact) mass is 289 g/mol. The number of carbonyl (C=O) groups is 1. The summed E-state index contributed by atoms with van der Waals surface area (Å²) >= 11 is 4.26. The number of carbonyl (C=O) groups excluding carboxylic acids is 1. The number of rotatable bonds is 2. The van der Waals surface area contributed by atoms with Crippen molar-refractivity contribution in [3.63, 3.8) is 0 Å². The molecule has 3 heteroatoms. The molecule has 1 aromatic rings. The third-order valence-electron chi connectivity index (χ3n) is 5.67. The molecule has 0 radical (unpaired) electrons. The molecule has 2 fully saturated rings. The first kappa shape index (κ1) is 14.0. The molecule has 1 N–H and O–H groups in total. The van der Waals surface area contributed by atoms with Gasteiger partial charge in [-0.1, -0.05) is 20.8 Å². The molecular weight excluding hydrogens is 266 g/mol. The highest BCUT2D eigenvalue weighted by molar-refractivity contribution is 7.80. The van der Waals surface area contributed by atoms with Gasteiger partial charge in [-0.3, -0.25) is 4.79 Å². The fourth-order valence-corrected chi connectivity index (χ4v) is 4.64. The second-order valence-corrected chi connectivity index (χ2v) is 7.88. The maximum atomic E-state index is 12.5. The molecule has 0 heterocycles. The van der Waals surface area contributed by atoms with Gasteiger partial charge in [0, 0.05) is 16.5 Å². The van der Waals surface area contributed by atoms with E-state index in [1.807, 2.05) is 24.3 Å². The van der Waals surface area contributed by atoms with E-state index >= 15 is 0 Å². The van der Waals surface area contributed by atoms with Crippen molar-refractivity contribution in [3.8, 4) is 0 Å². The first-order valence-corrected chi connectivity index (χ1v) is 7.87. The molecule has 0 aliphatic heterocycles. The Hall–Kier alpha value is -0.960. The quantitative estimate of drug-likeness (QED) is 0.794. The summed E-state index contributed by atoms with van der Waals surface area (Å²) in [5.74, 6) is 0.794. The van der Waals surface area contributed by atoms with Crippen molar-refractivity contribution in [1.82, 2.24) is 5.32 Å². The Balaban J connectivity index is 1.80. The van der Waals surface area contributed by atoms with Gasteiger partial charge in [-0.05, 0) is 60.3 Å². The first-order chi connectivity index (χ1) is 9.33. The van der Waals surface area contributed by atoms with Crippen molar-refractivity contribution in [1.29, 1.82) is 0 Å². The number of fused-ring (bicyclic) bond motifs is 2. The van der Waals surface area contributed by atoms with Crippen molar-refractivity contribution >= 4 is 18.5 Å². The second-order valence-electron chi connectivity index (χ2n) is 7.37. The summed E-state index contributed by atoms with van der Waals surface area (Å²) in [5.41, 5.74) is 1.20. The Bertz CT molecular complexity index is 532. The summed E-state index contributed by atoms with van der Waals surface area (Å²) in [5, 5.41) is 3.31. The Labute approximate surface area is 126 Å². The van der Waals surface area contributed by atoms with Gasteiger partial charge in [-0.15, -0.1) is 12.6 Å². The van der Waals surface area contributed by atoms with Crippen LogP contribution in [-0.2, 0) is 0 Å². The second kappa shape index (κ2) is 4.52. The summed E-state index contributed by atoms with van der Waals surface area (Å²) in [6, 6.07) is 7.70. The van der Waals surface area contributed by atoms with Crippen molar-refractivity contribution in [2.75, 3.05) is 0 Å². The lowest BCUT2D eigenvalue weighted by Crippen LogP contribution is -2.52. The zero-order valence-electron chi connectivity index (χ0n) is 12.4. The lowest BCUT2D eigenvalue weighted by Gasteiger charge is -2.43. The van der Waals surface area contributed by atoms with Crippen LogP contribution in [0.3, 0.4) is 0 Å². The van der Waals surface area contributed by atoms with E-state index in [4.69, 9.17) is 0 Å². The highest BCUT2D eigenvalue weighted by atomic mass is 32.1. The van der Waals surface area contributed by atoms with E-state index in [1.54, 1.807) is 0 Å². The predicted octanol–water partition coefficient (Wildman–Crippen LogP) is 3.92. The maximum Gasteiger partial charge on any atom is 0.251 e. The van der Waals surface area contributed by atoms with Crippen LogP contribution in [0, 0.1) is 16.7 Å². The number of benzene rings is 1. The van der Waals surface area contributed by atoms with Crippen molar-refractivity contribution in [2.45, 2.75) is 51.0 Å². The highest BCUT2D eigenvalue weighted by Gasteiger charge is 2.59. The molecule has 3 rings (SSSR count). The molecule has 2 nitrogen and oxygen atoms in total. The smallest absolute Gasteiger partial charge is 0.251 e. The predicted molar refractivity (Wildman–Crippen MR) is 84.2 cm³/mol. The minimum absolute atomic E-state index is 0.0465. The standard InChI is InChI=1S/C17H23NOS/c1-16(2)12-8-9-17(3,10-12)15(16)18-14(19)11-4-6-13(20)7-5-11/h4-7,12,15,20H,8-10H2,1-3H3,(H,18,19). The van der Waals surface area contributed by atoms with Crippen LogP contribution in [0.2, 0.25) is 0 Å². The fourth-order valence-electron chi connectivity index (χ4n) is 4.49. The van der Waals surface area contributed by atoms with E-state index in [-0.39, 0.29) is 22.8 Å². The van der Waals surface area contributed by atoms with Crippen LogP contribution >= 0.6 is 12.6 Å². The van der Waals surface area contributed by atoms with E-state index in [0.717, 1.165) is 16.4 Å². The van der Waals surface area contributed by atoms with E-state index in [9.17, 15) is 4.79 Å². The molecule has 3 unspecified atom stereocenters. The average Bonchev–Trinajstić information content (AvgIpc) is 2.86. The molecule has 2 aliphatic rings. The lowest BCUT2D eigenvalue weighted by molar-refractivity contribution is 0.0737. The number of nitrogens with one attached hydrogen (secondary N) is 1. The summed E-state index contributed by atoms with van der Waals surface area (Å²) in [6.45, 7) is 6.96. The molecule has 1 aromatic carbocycles. The largest absolute Gasteiger partial charge is 0.348 e. The van der Waals surface area contributed by atoms with Gasteiger partial charge in [0.15, 0.2) is 0 Å². The topological polar surface area (TPSA) is 29.1 Å². The molecule has 2 aliphatic carbocycles. The Morgan fingerprint density at radius 2 is 1.90 bits per heavy atom. The minimum atomic E-state index is 0.0465. The summed E-state index contributed by atoms with van der Waals surface area (Å²) in [6.07, 6.45) is 3.80. The molecule has 20 heavy (non-hydrogen) atoms. The van der Waals surface area contributed by atoms with Gasteiger partial charge in [0.1, 0.15) is 0 Å². The maximum absolute atomic E-state index is 12.5. The molecule has 2 bridgehead atoms. The van der Waals surface area contributed by atoms with Crippen LogP contribution in [0.4, 0.5) is 0 Å². The van der Waals surface area contributed by atoms with Crippen molar-refractivity contribution < 1.29 is 4.79 Å². The Kier molecular flexibility index (Phi) is 3.16. The molecule has 1 amide bonds. The van der Waals surface area contributed by atoms with Crippen LogP contribution in [0.5, 0.6) is 0 Å². The van der Waals surface area contributed by atoms with Gasteiger partial charge in [-0.2, -0.15) is 0 Å². The zero-order valence-corrected chi connectivity index (χ0v) is 13.3. The van der Waals surface area contributed by atoms with Gasteiger partial charge in [0.25, 0.3) is 5.91 Å². The van der Waals surface area contributed by atoms with Crippen LogP contribution in [0.15, 0.2) is 29.2 Å². The summed E-state index contributed by atoms with van der Waals surface area (Å²) < 4.78 is 0. The van der Waals surface area contributed by atoms with E-state index in [2.05, 4.69) is 38.7 Å². The SMILES string of the molecule is CC12CCC(C1)C(C)(C)C2NC(=O)c1ccc(S)cc1. The van der Waals surface area contributed by atoms with Crippen molar-refractivity contribution in [2.24, 2.45) is 16.7 Å². The molecule has 0 aromatic heterocycles. The van der Waals surface area contributed by atoms with Crippen LogP contribution in [-0.4, -0.2) is 11.9 Å². The Morgan fingerprint density at radius 1 is 1.25 bits per heavy atom. The van der Waals surface area contributed by atoms with E-state index in [0.29, 0.717) is 0 Å². The molecule has 108 valence electrons. The molecule has 3 atom stereocenters. The number of thiol groups is 1. The third-order valence-corrected chi connectivity index (χ3v) is 5.97. The van der Waals surface area contributed by atoms with Crippen LogP contribution in [0.1, 0.15) is 50.4 Å². The normalized spacial score (nSPS) is 34.2. The summed E-state index contributed by atoms with van der Waals surface area (Å²) in [4.78, 5) is 13.4. The molecule has 0 saturated heterocycles. The van der Waals surface area contributed by atoms with Crippen molar-refractivity contribution in [3.05, 3.63) is 29.8 Å². The van der Waals surface area contributed by atoms with Crippen LogP contribution in [0.25, 0.3) is 0 Å². The number of hydrogen-bond acceptors (Lipinski definition) is 2. The third kappa shape index (κ3) is 2.07. The van der Waals surface area contributed by atoms with E-state index < -0.39 is 0 Å². The van der Waals surface area contributed by atoms with E-state index in [1.165, 1.54) is 19.3 Å². The molecule has 2 saturated carbocycles. The van der Waals surface area contributed by atoms with Gasteiger partial charge in [0.2, 0.25) is 0 Å². The number of amides is 1. The first-order valence-electron chi connectivity index (χ1n) is 7.43. The van der Waals surface area contributed by atoms with Gasteiger partial charge >= 0.3 is 0 Å². The lowest BCUT2D eigenvalue weighted by atomic mass is 9.68. The van der Waals surface area contributed by atoms with Gasteiger partial charge < -0.3 is 5.32 Å². The van der Waals surface area contributed by atoms with Gasteiger partial charge in [-0.25, -0.2) is 0 Å². The summed E-state index contributed by atoms with van der Waals surface area (Å²) in [7, 11) is 0. The minimum Gasteiger partial charge on any atom is -0.348 e. The average molecular weight is 289 g/mol. The Morgan fingerprint density at radius 3 is 2.45 bits per heavy atom. The molecule has 0 spiro atoms. The highest BCUT2D eigenvalue weighted by Crippen LogP contribution is 2.62. The zero-order chi connectivity index (χ0) is 14.5.